The van der Waals surface area contributed by atoms with Gasteiger partial charge in [-0.3, -0.25) is 4.99 Å². The highest BCUT2D eigenvalue weighted by Gasteiger charge is 2.21. The molecule has 1 fully saturated rings. The second kappa shape index (κ2) is 11.3. The third-order valence-electron chi connectivity index (χ3n) is 4.57. The number of nitrogens with one attached hydrogen (secondary N) is 2. The van der Waals surface area contributed by atoms with Crippen molar-refractivity contribution in [2.75, 3.05) is 31.1 Å². The predicted molar refractivity (Wildman–Crippen MR) is 120 cm³/mol. The fourth-order valence-corrected chi connectivity index (χ4v) is 3.26. The Morgan fingerprint density at radius 1 is 1.39 bits per heavy atom. The summed E-state index contributed by atoms with van der Waals surface area (Å²) in [7, 11) is 0. The number of aliphatic hydroxyl groups excluding tert-OH is 1. The standard InChI is InChI=1S/C20H27FN4O2.HI/c1-2-22-20(23-13-18(26)19-9-5-11-27-19)24-16-7-4-10-25(14-16)17-8-3-6-15(21)12-17;/h3,5-6,8-9,11-12,16,18,26H,2,4,7,10,13-14H2,1H3,(H2,22,23,24);1H. The van der Waals surface area contributed by atoms with Gasteiger partial charge in [0.25, 0.3) is 0 Å². The minimum absolute atomic E-state index is 0. The molecule has 2 atom stereocenters. The first kappa shape index (κ1) is 22.5. The van der Waals surface area contributed by atoms with Crippen LogP contribution in [-0.2, 0) is 0 Å². The number of hydrogen-bond acceptors (Lipinski definition) is 4. The molecule has 0 amide bonds. The Morgan fingerprint density at radius 3 is 2.96 bits per heavy atom. The van der Waals surface area contributed by atoms with Gasteiger partial charge in [-0.05, 0) is 50.1 Å². The summed E-state index contributed by atoms with van der Waals surface area (Å²) in [5.74, 6) is 0.947. The largest absolute Gasteiger partial charge is 0.467 e. The maximum Gasteiger partial charge on any atom is 0.191 e. The molecule has 0 saturated carbocycles. The van der Waals surface area contributed by atoms with E-state index in [1.807, 2.05) is 13.0 Å². The zero-order chi connectivity index (χ0) is 19.1. The van der Waals surface area contributed by atoms with Gasteiger partial charge in [0, 0.05) is 31.4 Å². The fourth-order valence-electron chi connectivity index (χ4n) is 3.26. The van der Waals surface area contributed by atoms with Crippen molar-refractivity contribution in [1.29, 1.82) is 0 Å². The molecule has 2 aromatic rings. The van der Waals surface area contributed by atoms with E-state index in [0.717, 1.165) is 38.2 Å². The van der Waals surface area contributed by atoms with E-state index in [1.165, 1.54) is 12.3 Å². The minimum Gasteiger partial charge on any atom is -0.467 e. The summed E-state index contributed by atoms with van der Waals surface area (Å²) in [6, 6.07) is 10.4. The fraction of sp³-hybridized carbons (Fsp3) is 0.450. The molecule has 1 aliphatic heterocycles. The molecule has 2 unspecified atom stereocenters. The number of guanidine groups is 1. The molecule has 8 heteroatoms. The lowest BCUT2D eigenvalue weighted by Gasteiger charge is -2.35. The van der Waals surface area contributed by atoms with Crippen LogP contribution >= 0.6 is 24.0 Å². The van der Waals surface area contributed by atoms with Crippen LogP contribution in [0.4, 0.5) is 10.1 Å². The van der Waals surface area contributed by atoms with Crippen molar-refractivity contribution in [2.45, 2.75) is 31.9 Å². The molecule has 2 heterocycles. The molecule has 1 aromatic heterocycles. The molecule has 6 nitrogen and oxygen atoms in total. The maximum atomic E-state index is 13.5. The number of aliphatic hydroxyl groups is 1. The third kappa shape index (κ3) is 6.37. The number of aliphatic imine (C=N–C) groups is 1. The summed E-state index contributed by atoms with van der Waals surface area (Å²) in [6.07, 6.45) is 2.79. The van der Waals surface area contributed by atoms with E-state index in [4.69, 9.17) is 4.42 Å². The van der Waals surface area contributed by atoms with Crippen LogP contribution in [0.5, 0.6) is 0 Å². The van der Waals surface area contributed by atoms with E-state index in [9.17, 15) is 9.50 Å². The van der Waals surface area contributed by atoms with Crippen molar-refractivity contribution in [3.8, 4) is 0 Å². The van der Waals surface area contributed by atoms with Gasteiger partial charge in [0.05, 0.1) is 12.8 Å². The Labute approximate surface area is 182 Å². The Morgan fingerprint density at radius 2 is 2.25 bits per heavy atom. The van der Waals surface area contributed by atoms with E-state index in [-0.39, 0.29) is 42.4 Å². The Bertz CT molecular complexity index is 742. The first-order valence-corrected chi connectivity index (χ1v) is 9.42. The summed E-state index contributed by atoms with van der Waals surface area (Å²) in [4.78, 5) is 6.67. The van der Waals surface area contributed by atoms with Gasteiger partial charge in [0.2, 0.25) is 0 Å². The number of piperidine rings is 1. The molecule has 3 N–H and O–H groups in total. The highest BCUT2D eigenvalue weighted by atomic mass is 127. The van der Waals surface area contributed by atoms with Crippen LogP contribution in [0.25, 0.3) is 0 Å². The van der Waals surface area contributed by atoms with Gasteiger partial charge in [0.15, 0.2) is 5.96 Å². The van der Waals surface area contributed by atoms with Crippen molar-refractivity contribution in [3.63, 3.8) is 0 Å². The number of nitrogens with zero attached hydrogens (tertiary/aromatic N) is 2. The Hall–Kier alpha value is -1.81. The maximum absolute atomic E-state index is 13.5. The van der Waals surface area contributed by atoms with Crippen molar-refractivity contribution in [2.24, 2.45) is 4.99 Å². The molecule has 3 rings (SSSR count). The van der Waals surface area contributed by atoms with E-state index >= 15 is 0 Å². The molecule has 0 bridgehead atoms. The number of anilines is 1. The molecular weight excluding hydrogens is 474 g/mol. The molecule has 0 aliphatic carbocycles. The highest BCUT2D eigenvalue weighted by Crippen LogP contribution is 2.21. The number of furan rings is 1. The van der Waals surface area contributed by atoms with Gasteiger partial charge in [-0.1, -0.05) is 6.07 Å². The number of rotatable bonds is 6. The zero-order valence-electron chi connectivity index (χ0n) is 16.0. The predicted octanol–water partition coefficient (Wildman–Crippen LogP) is 3.29. The van der Waals surface area contributed by atoms with E-state index in [1.54, 1.807) is 24.3 Å². The average Bonchev–Trinajstić information content (AvgIpc) is 3.21. The number of hydrogen-bond donors (Lipinski definition) is 3. The Balaban J connectivity index is 0.00000280. The van der Waals surface area contributed by atoms with E-state index in [2.05, 4.69) is 20.5 Å². The van der Waals surface area contributed by atoms with Gasteiger partial charge in [-0.25, -0.2) is 4.39 Å². The summed E-state index contributed by atoms with van der Waals surface area (Å²) in [5.41, 5.74) is 0.900. The van der Waals surface area contributed by atoms with Gasteiger partial charge in [0.1, 0.15) is 17.7 Å². The van der Waals surface area contributed by atoms with Crippen molar-refractivity contribution < 1.29 is 13.9 Å². The van der Waals surface area contributed by atoms with Crippen LogP contribution in [0.1, 0.15) is 31.6 Å². The lowest BCUT2D eigenvalue weighted by molar-refractivity contribution is 0.158. The SMILES string of the molecule is CCNC(=NCC(O)c1ccco1)NC1CCCN(c2cccc(F)c2)C1.I. The van der Waals surface area contributed by atoms with Crippen LogP contribution in [0.3, 0.4) is 0 Å². The van der Waals surface area contributed by atoms with Gasteiger partial charge in [-0.2, -0.15) is 0 Å². The number of halogens is 2. The molecule has 154 valence electrons. The second-order valence-corrected chi connectivity index (χ2v) is 6.66. The molecule has 1 aromatic carbocycles. The first-order chi connectivity index (χ1) is 13.2. The molecule has 28 heavy (non-hydrogen) atoms. The van der Waals surface area contributed by atoms with Crippen molar-refractivity contribution in [1.82, 2.24) is 10.6 Å². The lowest BCUT2D eigenvalue weighted by atomic mass is 10.0. The number of benzene rings is 1. The van der Waals surface area contributed by atoms with Gasteiger partial charge >= 0.3 is 0 Å². The van der Waals surface area contributed by atoms with Crippen LogP contribution in [0.15, 0.2) is 52.1 Å². The lowest BCUT2D eigenvalue weighted by Crippen LogP contribution is -2.51. The highest BCUT2D eigenvalue weighted by molar-refractivity contribution is 14.0. The molecule has 1 saturated heterocycles. The normalized spacial score (nSPS) is 18.3. The van der Waals surface area contributed by atoms with Crippen LogP contribution in [0, 0.1) is 5.82 Å². The summed E-state index contributed by atoms with van der Waals surface area (Å²) < 4.78 is 18.7. The minimum atomic E-state index is -0.773. The van der Waals surface area contributed by atoms with E-state index < -0.39 is 6.10 Å². The van der Waals surface area contributed by atoms with Crippen molar-refractivity contribution >= 4 is 35.6 Å². The smallest absolute Gasteiger partial charge is 0.191 e. The summed E-state index contributed by atoms with van der Waals surface area (Å²) in [6.45, 7) is 4.62. The topological polar surface area (TPSA) is 73.0 Å². The second-order valence-electron chi connectivity index (χ2n) is 6.66. The van der Waals surface area contributed by atoms with Crippen LogP contribution < -0.4 is 15.5 Å². The third-order valence-corrected chi connectivity index (χ3v) is 4.57. The van der Waals surface area contributed by atoms with Crippen LogP contribution in [-0.4, -0.2) is 43.3 Å². The molecule has 0 radical (unpaired) electrons. The van der Waals surface area contributed by atoms with Gasteiger partial charge in [-0.15, -0.1) is 24.0 Å². The van der Waals surface area contributed by atoms with Crippen molar-refractivity contribution in [3.05, 3.63) is 54.2 Å². The average molecular weight is 502 g/mol. The monoisotopic (exact) mass is 502 g/mol. The van der Waals surface area contributed by atoms with Gasteiger partial charge < -0.3 is 25.1 Å². The van der Waals surface area contributed by atoms with Crippen LogP contribution in [0.2, 0.25) is 0 Å². The summed E-state index contributed by atoms with van der Waals surface area (Å²) in [5, 5.41) is 16.8. The zero-order valence-corrected chi connectivity index (χ0v) is 18.3. The Kier molecular flexibility index (Phi) is 9.04. The van der Waals surface area contributed by atoms with E-state index in [0.29, 0.717) is 11.7 Å². The summed E-state index contributed by atoms with van der Waals surface area (Å²) >= 11 is 0. The molecular formula is C20H28FIN4O2. The first-order valence-electron chi connectivity index (χ1n) is 9.42. The molecule has 1 aliphatic rings. The molecule has 0 spiro atoms. The quantitative estimate of drug-likeness (QED) is 0.321.